The molecule has 0 aliphatic carbocycles. The lowest BCUT2D eigenvalue weighted by molar-refractivity contribution is 0.207. The van der Waals surface area contributed by atoms with E-state index in [1.807, 2.05) is 24.1 Å². The van der Waals surface area contributed by atoms with Gasteiger partial charge in [-0.25, -0.2) is 0 Å². The highest BCUT2D eigenvalue weighted by atomic mass is 79.9. The molecule has 0 radical (unpaired) electrons. The summed E-state index contributed by atoms with van der Waals surface area (Å²) in [6.07, 6.45) is -0.402. The minimum absolute atomic E-state index is 0.402. The molecule has 1 aromatic rings. The van der Waals surface area contributed by atoms with Crippen molar-refractivity contribution in [3.63, 3.8) is 0 Å². The summed E-state index contributed by atoms with van der Waals surface area (Å²) in [6.45, 7) is 0.542. The fraction of sp³-hybridized carbons (Fsp3) is 0.364. The summed E-state index contributed by atoms with van der Waals surface area (Å²) >= 11 is 3.21. The van der Waals surface area contributed by atoms with Crippen LogP contribution in [0.25, 0.3) is 0 Å². The van der Waals surface area contributed by atoms with Gasteiger partial charge in [-0.05, 0) is 18.2 Å². The van der Waals surface area contributed by atoms with Crippen LogP contribution in [-0.2, 0) is 0 Å². The van der Waals surface area contributed by atoms with Crippen LogP contribution in [0.4, 0.5) is 5.69 Å². The van der Waals surface area contributed by atoms with Crippen LogP contribution in [0.2, 0.25) is 0 Å². The average Bonchev–Trinajstić information content (AvgIpc) is 2.28. The Morgan fingerprint density at radius 2 is 2.33 bits per heavy atom. The minimum atomic E-state index is -0.402. The number of rotatable bonds is 4. The maximum atomic E-state index is 9.46. The summed E-state index contributed by atoms with van der Waals surface area (Å²) in [4.78, 5) is 1.92. The number of halogens is 1. The molecule has 0 spiro atoms. The van der Waals surface area contributed by atoms with E-state index < -0.39 is 6.10 Å². The Morgan fingerprint density at radius 3 is 2.93 bits per heavy atom. The van der Waals surface area contributed by atoms with E-state index in [0.29, 0.717) is 17.4 Å². The summed E-state index contributed by atoms with van der Waals surface area (Å²) in [5, 5.41) is 18.8. The van der Waals surface area contributed by atoms with Crippen LogP contribution < -0.4 is 4.90 Å². The van der Waals surface area contributed by atoms with E-state index in [2.05, 4.69) is 22.0 Å². The van der Waals surface area contributed by atoms with E-state index in [1.54, 1.807) is 12.1 Å². The predicted molar refractivity (Wildman–Crippen MR) is 64.2 cm³/mol. The van der Waals surface area contributed by atoms with Crippen molar-refractivity contribution in [2.24, 2.45) is 0 Å². The number of aliphatic hydroxyl groups is 1. The zero-order chi connectivity index (χ0) is 11.3. The van der Waals surface area contributed by atoms with Crippen molar-refractivity contribution in [3.05, 3.63) is 29.8 Å². The molecule has 0 amide bonds. The first-order chi connectivity index (χ1) is 7.17. The van der Waals surface area contributed by atoms with Crippen LogP contribution in [0.1, 0.15) is 5.56 Å². The molecule has 1 aromatic carbocycles. The molecule has 4 heteroatoms. The van der Waals surface area contributed by atoms with E-state index in [9.17, 15) is 5.11 Å². The van der Waals surface area contributed by atoms with Gasteiger partial charge < -0.3 is 10.0 Å². The van der Waals surface area contributed by atoms with Crippen LogP contribution in [0.15, 0.2) is 24.3 Å². The van der Waals surface area contributed by atoms with Gasteiger partial charge in [-0.15, -0.1) is 0 Å². The molecule has 0 saturated carbocycles. The third-order valence-electron chi connectivity index (χ3n) is 2.08. The number of nitriles is 1. The van der Waals surface area contributed by atoms with Gasteiger partial charge in [0.2, 0.25) is 0 Å². The van der Waals surface area contributed by atoms with Crippen molar-refractivity contribution in [2.45, 2.75) is 6.10 Å². The monoisotopic (exact) mass is 268 g/mol. The van der Waals surface area contributed by atoms with Crippen LogP contribution in [-0.4, -0.2) is 30.1 Å². The first kappa shape index (κ1) is 12.0. The largest absolute Gasteiger partial charge is 0.390 e. The highest BCUT2D eigenvalue weighted by molar-refractivity contribution is 9.09. The molecule has 0 heterocycles. The first-order valence-electron chi connectivity index (χ1n) is 4.62. The smallest absolute Gasteiger partial charge is 0.0992 e. The van der Waals surface area contributed by atoms with Gasteiger partial charge in [-0.2, -0.15) is 5.26 Å². The summed E-state index contributed by atoms with van der Waals surface area (Å²) in [6, 6.07) is 9.42. The van der Waals surface area contributed by atoms with Crippen molar-refractivity contribution in [1.29, 1.82) is 5.26 Å². The Balaban J connectivity index is 2.73. The van der Waals surface area contributed by atoms with E-state index in [1.165, 1.54) is 0 Å². The maximum absolute atomic E-state index is 9.46. The summed E-state index contributed by atoms with van der Waals surface area (Å²) in [5.74, 6) is 0. The first-order valence-corrected chi connectivity index (χ1v) is 5.75. The quantitative estimate of drug-likeness (QED) is 0.847. The van der Waals surface area contributed by atoms with Gasteiger partial charge in [0.15, 0.2) is 0 Å². The molecule has 1 N–H and O–H groups in total. The van der Waals surface area contributed by atoms with E-state index >= 15 is 0 Å². The molecule has 0 aliphatic heterocycles. The Hall–Kier alpha value is -1.05. The lowest BCUT2D eigenvalue weighted by Gasteiger charge is -2.21. The number of anilines is 1. The summed E-state index contributed by atoms with van der Waals surface area (Å²) in [7, 11) is 1.89. The number of hydrogen-bond acceptors (Lipinski definition) is 3. The molecule has 0 aliphatic rings. The van der Waals surface area contributed by atoms with Crippen molar-refractivity contribution >= 4 is 21.6 Å². The molecule has 1 rings (SSSR count). The van der Waals surface area contributed by atoms with Gasteiger partial charge in [0.05, 0.1) is 17.7 Å². The molecule has 1 atom stereocenters. The molecule has 1 unspecified atom stereocenters. The zero-order valence-electron chi connectivity index (χ0n) is 8.52. The van der Waals surface area contributed by atoms with Crippen molar-refractivity contribution in [3.8, 4) is 6.07 Å². The van der Waals surface area contributed by atoms with Gasteiger partial charge in [-0.1, -0.05) is 22.0 Å². The van der Waals surface area contributed by atoms with Gasteiger partial charge in [0, 0.05) is 24.6 Å². The molecule has 0 aromatic heterocycles. The van der Waals surface area contributed by atoms with Crippen molar-refractivity contribution < 1.29 is 5.11 Å². The number of aliphatic hydroxyl groups excluding tert-OH is 1. The summed E-state index contributed by atoms with van der Waals surface area (Å²) in [5.41, 5.74) is 1.57. The lowest BCUT2D eigenvalue weighted by atomic mass is 10.2. The topological polar surface area (TPSA) is 47.3 Å². The second-order valence-electron chi connectivity index (χ2n) is 3.35. The van der Waals surface area contributed by atoms with Gasteiger partial charge >= 0.3 is 0 Å². The Labute approximate surface area is 98.1 Å². The third-order valence-corrected chi connectivity index (χ3v) is 2.83. The van der Waals surface area contributed by atoms with E-state index in [-0.39, 0.29) is 0 Å². The zero-order valence-corrected chi connectivity index (χ0v) is 10.1. The molecule has 3 nitrogen and oxygen atoms in total. The van der Waals surface area contributed by atoms with Gasteiger partial charge in [0.1, 0.15) is 0 Å². The highest BCUT2D eigenvalue weighted by Gasteiger charge is 2.07. The normalized spacial score (nSPS) is 11.9. The Bertz CT molecular complexity index is 362. The Morgan fingerprint density at radius 1 is 1.60 bits per heavy atom. The highest BCUT2D eigenvalue weighted by Crippen LogP contribution is 2.14. The molecule has 0 bridgehead atoms. The lowest BCUT2D eigenvalue weighted by Crippen LogP contribution is -2.29. The molecule has 15 heavy (non-hydrogen) atoms. The second kappa shape index (κ2) is 5.74. The maximum Gasteiger partial charge on any atom is 0.0992 e. The molecule has 0 fully saturated rings. The molecule has 0 saturated heterocycles. The van der Waals surface area contributed by atoms with E-state index in [0.717, 1.165) is 5.69 Å². The predicted octanol–water partition coefficient (Wildman–Crippen LogP) is 1.75. The van der Waals surface area contributed by atoms with Gasteiger partial charge in [-0.3, -0.25) is 0 Å². The number of benzene rings is 1. The number of nitrogens with zero attached hydrogens (tertiary/aromatic N) is 2. The standard InChI is InChI=1S/C11H13BrN2O/c1-14(8-11(15)6-12)10-4-2-3-9(5-10)7-13/h2-5,11,15H,6,8H2,1H3. The number of hydrogen-bond donors (Lipinski definition) is 1. The fourth-order valence-corrected chi connectivity index (χ4v) is 1.49. The van der Waals surface area contributed by atoms with E-state index in [4.69, 9.17) is 5.26 Å². The van der Waals surface area contributed by atoms with Gasteiger partial charge in [0.25, 0.3) is 0 Å². The molecule has 80 valence electrons. The second-order valence-corrected chi connectivity index (χ2v) is 4.00. The van der Waals surface area contributed by atoms with Crippen molar-refractivity contribution in [2.75, 3.05) is 23.8 Å². The van der Waals surface area contributed by atoms with Crippen LogP contribution in [0.5, 0.6) is 0 Å². The van der Waals surface area contributed by atoms with Crippen molar-refractivity contribution in [1.82, 2.24) is 0 Å². The third kappa shape index (κ3) is 3.54. The Kier molecular flexibility index (Phi) is 4.60. The minimum Gasteiger partial charge on any atom is -0.390 e. The fourth-order valence-electron chi connectivity index (χ4n) is 1.28. The van der Waals surface area contributed by atoms with Crippen LogP contribution >= 0.6 is 15.9 Å². The molecular weight excluding hydrogens is 256 g/mol. The van der Waals surface area contributed by atoms with Crippen LogP contribution in [0.3, 0.4) is 0 Å². The SMILES string of the molecule is CN(CC(O)CBr)c1cccc(C#N)c1. The average molecular weight is 269 g/mol. The number of likely N-dealkylation sites (N-methyl/N-ethyl adjacent to an activating group) is 1. The molecular formula is C11H13BrN2O. The number of alkyl halides is 1. The summed E-state index contributed by atoms with van der Waals surface area (Å²) < 4.78 is 0. The van der Waals surface area contributed by atoms with Crippen LogP contribution in [0, 0.1) is 11.3 Å².